The van der Waals surface area contributed by atoms with E-state index in [1.807, 2.05) is 19.1 Å². The summed E-state index contributed by atoms with van der Waals surface area (Å²) in [6, 6.07) is 4.00. The SMILES string of the molecule is COCc1cc(C)cc(C(C)(C)C)c1O. The van der Waals surface area contributed by atoms with Gasteiger partial charge in [-0.25, -0.2) is 0 Å². The lowest BCUT2D eigenvalue weighted by Gasteiger charge is -2.22. The van der Waals surface area contributed by atoms with Crippen LogP contribution >= 0.6 is 0 Å². The van der Waals surface area contributed by atoms with Crippen LogP contribution in [-0.4, -0.2) is 12.2 Å². The normalized spacial score (nSPS) is 11.8. The number of phenolic OH excluding ortho intramolecular Hbond substituents is 1. The molecule has 0 radical (unpaired) electrons. The minimum absolute atomic E-state index is 0.0431. The largest absolute Gasteiger partial charge is 0.507 e. The summed E-state index contributed by atoms with van der Waals surface area (Å²) in [5.74, 6) is 0.370. The van der Waals surface area contributed by atoms with Gasteiger partial charge in [0.1, 0.15) is 5.75 Å². The predicted octanol–water partition coefficient (Wildman–Crippen LogP) is 3.14. The molecular weight excluding hydrogens is 188 g/mol. The van der Waals surface area contributed by atoms with Crippen LogP contribution in [-0.2, 0) is 16.8 Å². The molecule has 15 heavy (non-hydrogen) atoms. The van der Waals surface area contributed by atoms with Crippen LogP contribution in [0.25, 0.3) is 0 Å². The van der Waals surface area contributed by atoms with Crippen molar-refractivity contribution >= 4 is 0 Å². The molecule has 1 aromatic carbocycles. The Morgan fingerprint density at radius 1 is 1.27 bits per heavy atom. The van der Waals surface area contributed by atoms with E-state index in [0.29, 0.717) is 12.4 Å². The van der Waals surface area contributed by atoms with Crippen LogP contribution in [0.15, 0.2) is 12.1 Å². The van der Waals surface area contributed by atoms with E-state index in [-0.39, 0.29) is 5.41 Å². The molecule has 0 fully saturated rings. The average molecular weight is 208 g/mol. The highest BCUT2D eigenvalue weighted by Crippen LogP contribution is 2.34. The standard InChI is InChI=1S/C13H20O2/c1-9-6-10(8-15-5)12(14)11(7-9)13(2,3)4/h6-7,14H,8H2,1-5H3. The molecule has 0 amide bonds. The van der Waals surface area contributed by atoms with Crippen molar-refractivity contribution in [1.82, 2.24) is 0 Å². The fourth-order valence-corrected chi connectivity index (χ4v) is 1.69. The molecule has 0 aliphatic carbocycles. The number of aromatic hydroxyl groups is 1. The first-order valence-corrected chi connectivity index (χ1v) is 5.18. The maximum Gasteiger partial charge on any atom is 0.124 e. The number of methoxy groups -OCH3 is 1. The lowest BCUT2D eigenvalue weighted by molar-refractivity contribution is 0.181. The monoisotopic (exact) mass is 208 g/mol. The summed E-state index contributed by atoms with van der Waals surface area (Å²) < 4.78 is 5.07. The van der Waals surface area contributed by atoms with Gasteiger partial charge in [0, 0.05) is 12.7 Å². The molecule has 0 atom stereocenters. The topological polar surface area (TPSA) is 29.5 Å². The molecule has 1 rings (SSSR count). The predicted molar refractivity (Wildman–Crippen MR) is 62.3 cm³/mol. The maximum absolute atomic E-state index is 10.1. The molecule has 0 unspecified atom stereocenters. The number of aryl methyl sites for hydroxylation is 1. The Labute approximate surface area is 91.9 Å². The van der Waals surface area contributed by atoms with E-state index in [1.165, 1.54) is 0 Å². The molecule has 0 bridgehead atoms. The van der Waals surface area contributed by atoms with E-state index in [0.717, 1.165) is 16.7 Å². The molecule has 1 aromatic rings. The molecule has 0 saturated heterocycles. The fraction of sp³-hybridized carbons (Fsp3) is 0.538. The highest BCUT2D eigenvalue weighted by molar-refractivity contribution is 5.46. The number of rotatable bonds is 2. The van der Waals surface area contributed by atoms with Gasteiger partial charge in [-0.1, -0.05) is 38.5 Å². The van der Waals surface area contributed by atoms with E-state index < -0.39 is 0 Å². The Hall–Kier alpha value is -1.02. The molecule has 0 saturated carbocycles. The smallest absolute Gasteiger partial charge is 0.124 e. The molecule has 0 aliphatic heterocycles. The van der Waals surface area contributed by atoms with Crippen molar-refractivity contribution in [3.8, 4) is 5.75 Å². The van der Waals surface area contributed by atoms with Gasteiger partial charge in [-0.3, -0.25) is 0 Å². The Morgan fingerprint density at radius 2 is 1.87 bits per heavy atom. The number of ether oxygens (including phenoxy) is 1. The molecular formula is C13H20O2. The Balaban J connectivity index is 3.28. The van der Waals surface area contributed by atoms with Crippen molar-refractivity contribution in [3.05, 3.63) is 28.8 Å². The van der Waals surface area contributed by atoms with Gasteiger partial charge in [-0.2, -0.15) is 0 Å². The minimum Gasteiger partial charge on any atom is -0.507 e. The highest BCUT2D eigenvalue weighted by Gasteiger charge is 2.20. The maximum atomic E-state index is 10.1. The second-order valence-corrected chi connectivity index (χ2v) is 5.00. The van der Waals surface area contributed by atoms with E-state index in [2.05, 4.69) is 20.8 Å². The van der Waals surface area contributed by atoms with Gasteiger partial charge in [-0.05, 0) is 17.9 Å². The van der Waals surface area contributed by atoms with E-state index in [9.17, 15) is 5.11 Å². The van der Waals surface area contributed by atoms with Gasteiger partial charge < -0.3 is 9.84 Å². The van der Waals surface area contributed by atoms with Crippen LogP contribution in [0.2, 0.25) is 0 Å². The van der Waals surface area contributed by atoms with Crippen LogP contribution < -0.4 is 0 Å². The Kier molecular flexibility index (Phi) is 3.40. The molecule has 0 aliphatic rings. The van der Waals surface area contributed by atoms with E-state index in [1.54, 1.807) is 7.11 Å². The van der Waals surface area contributed by atoms with Crippen molar-refractivity contribution in [1.29, 1.82) is 0 Å². The van der Waals surface area contributed by atoms with Crippen molar-refractivity contribution in [3.63, 3.8) is 0 Å². The summed E-state index contributed by atoms with van der Waals surface area (Å²) in [4.78, 5) is 0. The Morgan fingerprint density at radius 3 is 2.33 bits per heavy atom. The van der Waals surface area contributed by atoms with Gasteiger partial charge in [0.2, 0.25) is 0 Å². The van der Waals surface area contributed by atoms with Crippen molar-refractivity contribution in [2.24, 2.45) is 0 Å². The Bertz CT molecular complexity index is 348. The summed E-state index contributed by atoms with van der Waals surface area (Å²) in [6.45, 7) is 8.78. The van der Waals surface area contributed by atoms with Crippen LogP contribution in [0.1, 0.15) is 37.5 Å². The summed E-state index contributed by atoms with van der Waals surface area (Å²) in [7, 11) is 1.64. The van der Waals surface area contributed by atoms with Crippen molar-refractivity contribution < 1.29 is 9.84 Å². The number of hydrogen-bond donors (Lipinski definition) is 1. The third-order valence-corrected chi connectivity index (χ3v) is 2.44. The van der Waals surface area contributed by atoms with Gasteiger partial charge in [-0.15, -0.1) is 0 Å². The summed E-state index contributed by atoms with van der Waals surface area (Å²) >= 11 is 0. The highest BCUT2D eigenvalue weighted by atomic mass is 16.5. The molecule has 84 valence electrons. The third-order valence-electron chi connectivity index (χ3n) is 2.44. The quantitative estimate of drug-likeness (QED) is 0.809. The van der Waals surface area contributed by atoms with Gasteiger partial charge >= 0.3 is 0 Å². The zero-order chi connectivity index (χ0) is 11.6. The summed E-state index contributed by atoms with van der Waals surface area (Å²) in [5, 5.41) is 10.1. The number of hydrogen-bond acceptors (Lipinski definition) is 2. The van der Waals surface area contributed by atoms with Crippen LogP contribution in [0, 0.1) is 6.92 Å². The average Bonchev–Trinajstić information content (AvgIpc) is 2.09. The molecule has 2 heteroatoms. The second-order valence-electron chi connectivity index (χ2n) is 5.00. The summed E-state index contributed by atoms with van der Waals surface area (Å²) in [5.41, 5.74) is 2.96. The fourth-order valence-electron chi connectivity index (χ4n) is 1.69. The lowest BCUT2D eigenvalue weighted by atomic mass is 9.84. The van der Waals surface area contributed by atoms with E-state index >= 15 is 0 Å². The summed E-state index contributed by atoms with van der Waals surface area (Å²) in [6.07, 6.45) is 0. The first-order valence-electron chi connectivity index (χ1n) is 5.18. The number of phenols is 1. The van der Waals surface area contributed by atoms with Gasteiger partial charge in [0.15, 0.2) is 0 Å². The van der Waals surface area contributed by atoms with E-state index in [4.69, 9.17) is 4.74 Å². The first-order chi connectivity index (χ1) is 6.86. The van der Waals surface area contributed by atoms with Crippen molar-refractivity contribution in [2.75, 3.05) is 7.11 Å². The first kappa shape index (κ1) is 12.1. The molecule has 0 spiro atoms. The zero-order valence-electron chi connectivity index (χ0n) is 10.2. The van der Waals surface area contributed by atoms with Crippen LogP contribution in [0.3, 0.4) is 0 Å². The lowest BCUT2D eigenvalue weighted by Crippen LogP contribution is -2.12. The molecule has 1 N–H and O–H groups in total. The zero-order valence-corrected chi connectivity index (χ0v) is 10.2. The molecule has 0 heterocycles. The number of benzene rings is 1. The molecule has 2 nitrogen and oxygen atoms in total. The van der Waals surface area contributed by atoms with Gasteiger partial charge in [0.25, 0.3) is 0 Å². The van der Waals surface area contributed by atoms with Crippen LogP contribution in [0.5, 0.6) is 5.75 Å². The second kappa shape index (κ2) is 4.23. The van der Waals surface area contributed by atoms with Crippen molar-refractivity contribution in [2.45, 2.75) is 39.7 Å². The van der Waals surface area contributed by atoms with Gasteiger partial charge in [0.05, 0.1) is 6.61 Å². The molecule has 0 aromatic heterocycles. The van der Waals surface area contributed by atoms with Crippen LogP contribution in [0.4, 0.5) is 0 Å². The third kappa shape index (κ3) is 2.72. The minimum atomic E-state index is -0.0431.